The third-order valence-electron chi connectivity index (χ3n) is 3.21. The van der Waals surface area contributed by atoms with Crippen molar-refractivity contribution in [3.8, 4) is 0 Å². The lowest BCUT2D eigenvalue weighted by atomic mass is 10.1. The minimum atomic E-state index is -0.303. The van der Waals surface area contributed by atoms with Gasteiger partial charge < -0.3 is 10.2 Å². The molecule has 0 radical (unpaired) electrons. The summed E-state index contributed by atoms with van der Waals surface area (Å²) in [5.74, 6) is -0.0695. The van der Waals surface area contributed by atoms with E-state index in [-0.39, 0.29) is 11.4 Å². The molecule has 19 heavy (non-hydrogen) atoms. The number of rotatable bonds is 2. The summed E-state index contributed by atoms with van der Waals surface area (Å²) in [6, 6.07) is 17.8. The van der Waals surface area contributed by atoms with Crippen LogP contribution in [0.15, 0.2) is 54.6 Å². The third-order valence-corrected chi connectivity index (χ3v) is 3.62. The summed E-state index contributed by atoms with van der Waals surface area (Å²) in [5.41, 5.74) is 2.51. The monoisotopic (exact) mass is 270 g/mol. The second-order valence-electron chi connectivity index (χ2n) is 4.48. The van der Waals surface area contributed by atoms with E-state index >= 15 is 0 Å². The maximum Gasteiger partial charge on any atom is 0.255 e. The van der Waals surface area contributed by atoms with Gasteiger partial charge in [-0.1, -0.05) is 42.5 Å². The summed E-state index contributed by atoms with van der Waals surface area (Å²) in [6.45, 7) is 0.715. The van der Waals surface area contributed by atoms with Gasteiger partial charge in [-0.25, -0.2) is 0 Å². The molecule has 1 heterocycles. The summed E-state index contributed by atoms with van der Waals surface area (Å²) in [5, 5.41) is 2.86. The lowest BCUT2D eigenvalue weighted by Crippen LogP contribution is -2.49. The van der Waals surface area contributed by atoms with Crippen LogP contribution in [0, 0.1) is 0 Å². The molecule has 0 bridgehead atoms. The second kappa shape index (κ2) is 4.97. The molecule has 4 heteroatoms. The van der Waals surface area contributed by atoms with Crippen LogP contribution in [0.1, 0.15) is 15.9 Å². The zero-order valence-electron chi connectivity index (χ0n) is 10.3. The van der Waals surface area contributed by atoms with E-state index in [0.29, 0.717) is 12.1 Å². The van der Waals surface area contributed by atoms with Crippen molar-refractivity contribution in [1.29, 1.82) is 0 Å². The SMILES string of the molecule is O=C1NC(S)N(Cc2ccccc2)c2ccccc21. The van der Waals surface area contributed by atoms with E-state index < -0.39 is 0 Å². The highest BCUT2D eigenvalue weighted by atomic mass is 32.1. The number of hydrogen-bond acceptors (Lipinski definition) is 3. The molecule has 0 aliphatic carbocycles. The molecule has 0 saturated heterocycles. The number of hydrogen-bond donors (Lipinski definition) is 2. The van der Waals surface area contributed by atoms with Crippen LogP contribution >= 0.6 is 12.6 Å². The minimum absolute atomic E-state index is 0.0695. The van der Waals surface area contributed by atoms with E-state index in [9.17, 15) is 4.79 Å². The number of nitrogens with zero attached hydrogens (tertiary/aromatic N) is 1. The molecule has 1 aliphatic heterocycles. The quantitative estimate of drug-likeness (QED) is 0.822. The van der Waals surface area contributed by atoms with Crippen molar-refractivity contribution in [2.45, 2.75) is 12.0 Å². The predicted octanol–water partition coefficient (Wildman–Crippen LogP) is 2.65. The summed E-state index contributed by atoms with van der Waals surface area (Å²) in [4.78, 5) is 14.0. The summed E-state index contributed by atoms with van der Waals surface area (Å²) in [6.07, 6.45) is 0. The molecule has 1 atom stereocenters. The van der Waals surface area contributed by atoms with Crippen LogP contribution in [0.3, 0.4) is 0 Å². The molecule has 0 spiro atoms. The molecule has 0 aromatic heterocycles. The number of nitrogens with one attached hydrogen (secondary N) is 1. The van der Waals surface area contributed by atoms with Crippen molar-refractivity contribution < 1.29 is 4.79 Å². The lowest BCUT2D eigenvalue weighted by molar-refractivity contribution is 0.0942. The smallest absolute Gasteiger partial charge is 0.255 e. The number of fused-ring (bicyclic) bond motifs is 1. The van der Waals surface area contributed by atoms with Gasteiger partial charge in [0.2, 0.25) is 0 Å². The Morgan fingerprint density at radius 3 is 2.53 bits per heavy atom. The standard InChI is InChI=1S/C15H14N2OS/c18-14-12-8-4-5-9-13(12)17(15(19)16-14)10-11-6-2-1-3-7-11/h1-9,15,19H,10H2,(H,16,18). The highest BCUT2D eigenvalue weighted by Crippen LogP contribution is 2.28. The normalized spacial score (nSPS) is 17.8. The Bertz CT molecular complexity index is 600. The summed E-state index contributed by atoms with van der Waals surface area (Å²) < 4.78 is 0. The molecular formula is C15H14N2OS. The number of anilines is 1. The summed E-state index contributed by atoms with van der Waals surface area (Å²) >= 11 is 4.46. The van der Waals surface area contributed by atoms with Crippen LogP contribution in [-0.4, -0.2) is 11.4 Å². The van der Waals surface area contributed by atoms with E-state index in [1.807, 2.05) is 42.5 Å². The van der Waals surface area contributed by atoms with E-state index in [1.54, 1.807) is 0 Å². The molecule has 1 unspecified atom stereocenters. The number of amides is 1. The Labute approximate surface area is 117 Å². The van der Waals surface area contributed by atoms with Crippen LogP contribution in [0.5, 0.6) is 0 Å². The highest BCUT2D eigenvalue weighted by Gasteiger charge is 2.27. The highest BCUT2D eigenvalue weighted by molar-refractivity contribution is 7.81. The Balaban J connectivity index is 1.97. The Morgan fingerprint density at radius 1 is 1.05 bits per heavy atom. The fraction of sp³-hybridized carbons (Fsp3) is 0.133. The van der Waals surface area contributed by atoms with Gasteiger partial charge in [0, 0.05) is 6.54 Å². The fourth-order valence-corrected chi connectivity index (χ4v) is 2.60. The summed E-state index contributed by atoms with van der Waals surface area (Å²) in [7, 11) is 0. The number of benzene rings is 2. The molecule has 3 rings (SSSR count). The van der Waals surface area contributed by atoms with Crippen LogP contribution in [0.2, 0.25) is 0 Å². The number of para-hydroxylation sites is 1. The molecule has 0 saturated carbocycles. The van der Waals surface area contributed by atoms with Crippen molar-refractivity contribution in [2.75, 3.05) is 4.90 Å². The average molecular weight is 270 g/mol. The van der Waals surface area contributed by atoms with Gasteiger partial charge in [-0.2, -0.15) is 0 Å². The molecule has 1 aliphatic rings. The first-order valence-corrected chi connectivity index (χ1v) is 6.66. The van der Waals surface area contributed by atoms with Crippen LogP contribution in [0.25, 0.3) is 0 Å². The van der Waals surface area contributed by atoms with Crippen molar-refractivity contribution in [3.63, 3.8) is 0 Å². The third kappa shape index (κ3) is 2.31. The molecule has 3 nitrogen and oxygen atoms in total. The van der Waals surface area contributed by atoms with Crippen molar-refractivity contribution in [3.05, 3.63) is 65.7 Å². The topological polar surface area (TPSA) is 32.3 Å². The second-order valence-corrected chi connectivity index (χ2v) is 4.97. The molecule has 96 valence electrons. The number of thiol groups is 1. The molecule has 1 amide bonds. The van der Waals surface area contributed by atoms with Gasteiger partial charge in [0.05, 0.1) is 11.3 Å². The first-order valence-electron chi connectivity index (χ1n) is 6.14. The van der Waals surface area contributed by atoms with Gasteiger partial charge in [-0.15, -0.1) is 12.6 Å². The van der Waals surface area contributed by atoms with Crippen LogP contribution in [0.4, 0.5) is 5.69 Å². The predicted molar refractivity (Wildman–Crippen MR) is 79.3 cm³/mol. The first-order chi connectivity index (χ1) is 9.25. The Hall–Kier alpha value is -1.94. The zero-order chi connectivity index (χ0) is 13.2. The molecular weight excluding hydrogens is 256 g/mol. The Kier molecular flexibility index (Phi) is 3.17. The largest absolute Gasteiger partial charge is 0.338 e. The Morgan fingerprint density at radius 2 is 1.74 bits per heavy atom. The average Bonchev–Trinajstić information content (AvgIpc) is 2.45. The van der Waals surface area contributed by atoms with E-state index in [1.165, 1.54) is 5.56 Å². The first kappa shape index (κ1) is 12.1. The zero-order valence-corrected chi connectivity index (χ0v) is 11.2. The van der Waals surface area contributed by atoms with Crippen molar-refractivity contribution in [2.24, 2.45) is 0 Å². The fourth-order valence-electron chi connectivity index (χ4n) is 2.27. The van der Waals surface area contributed by atoms with E-state index in [4.69, 9.17) is 0 Å². The van der Waals surface area contributed by atoms with Gasteiger partial charge in [0.1, 0.15) is 5.50 Å². The minimum Gasteiger partial charge on any atom is -0.338 e. The van der Waals surface area contributed by atoms with Crippen LogP contribution in [-0.2, 0) is 6.54 Å². The van der Waals surface area contributed by atoms with Gasteiger partial charge in [0.25, 0.3) is 5.91 Å². The number of carbonyl (C=O) groups excluding carboxylic acids is 1. The molecule has 2 aromatic carbocycles. The molecule has 0 fully saturated rings. The van der Waals surface area contributed by atoms with Crippen LogP contribution < -0.4 is 10.2 Å². The lowest BCUT2D eigenvalue weighted by Gasteiger charge is -2.36. The van der Waals surface area contributed by atoms with Gasteiger partial charge in [-0.3, -0.25) is 4.79 Å². The number of carbonyl (C=O) groups is 1. The van der Waals surface area contributed by atoms with Gasteiger partial charge >= 0.3 is 0 Å². The van der Waals surface area contributed by atoms with E-state index in [0.717, 1.165) is 5.69 Å². The van der Waals surface area contributed by atoms with Crippen molar-refractivity contribution >= 4 is 24.2 Å². The maximum atomic E-state index is 11.9. The molecule has 2 aromatic rings. The van der Waals surface area contributed by atoms with Crippen molar-refractivity contribution in [1.82, 2.24) is 5.32 Å². The van der Waals surface area contributed by atoms with Gasteiger partial charge in [0.15, 0.2) is 0 Å². The van der Waals surface area contributed by atoms with E-state index in [2.05, 4.69) is 35.0 Å². The molecule has 1 N–H and O–H groups in total. The maximum absolute atomic E-state index is 11.9. The van der Waals surface area contributed by atoms with Gasteiger partial charge in [-0.05, 0) is 17.7 Å².